The zero-order valence-corrected chi connectivity index (χ0v) is 10.3. The lowest BCUT2D eigenvalue weighted by atomic mass is 9.94. The Morgan fingerprint density at radius 3 is 1.73 bits per heavy atom. The molecular weight excluding hydrogens is 186 g/mol. The number of carbonyl (C=O) groups is 1. The van der Waals surface area contributed by atoms with Gasteiger partial charge in [0.25, 0.3) is 0 Å². The molecule has 1 amide bonds. The molecule has 0 heterocycles. The van der Waals surface area contributed by atoms with E-state index in [0.29, 0.717) is 5.91 Å². The molecule has 0 bridgehead atoms. The molecule has 0 saturated heterocycles. The first-order valence-corrected chi connectivity index (χ1v) is 6.26. The summed E-state index contributed by atoms with van der Waals surface area (Å²) in [4.78, 5) is 14.4. The first-order chi connectivity index (χ1) is 6.97. The molecule has 0 atom stereocenters. The number of rotatable bonds is 4. The maximum atomic E-state index is 12.2. The van der Waals surface area contributed by atoms with Gasteiger partial charge in [-0.2, -0.15) is 0 Å². The average molecular weight is 209 g/mol. The zero-order chi connectivity index (χ0) is 11.1. The van der Waals surface area contributed by atoms with Crippen molar-refractivity contribution in [3.8, 4) is 0 Å². The van der Waals surface area contributed by atoms with Crippen LogP contribution in [0.25, 0.3) is 0 Å². The first-order valence-electron chi connectivity index (χ1n) is 6.26. The van der Waals surface area contributed by atoms with Crippen LogP contribution in [-0.2, 0) is 4.79 Å². The summed E-state index contributed by atoms with van der Waals surface area (Å²) >= 11 is 0. The Morgan fingerprint density at radius 1 is 1.07 bits per heavy atom. The predicted molar refractivity (Wildman–Crippen MR) is 61.5 cm³/mol. The van der Waals surface area contributed by atoms with E-state index in [9.17, 15) is 4.79 Å². The zero-order valence-electron chi connectivity index (χ0n) is 10.3. The summed E-state index contributed by atoms with van der Waals surface area (Å²) in [6.45, 7) is 8.13. The van der Waals surface area contributed by atoms with Gasteiger partial charge >= 0.3 is 0 Å². The monoisotopic (exact) mass is 209 g/mol. The van der Waals surface area contributed by atoms with E-state index < -0.39 is 0 Å². The van der Waals surface area contributed by atoms with Gasteiger partial charge in [0.1, 0.15) is 0 Å². The third kappa shape index (κ3) is 3.22. The number of carbonyl (C=O) groups excluding carboxylic acids is 1. The van der Waals surface area contributed by atoms with Crippen molar-refractivity contribution in [3.63, 3.8) is 0 Å². The van der Waals surface area contributed by atoms with Crippen LogP contribution in [0.4, 0.5) is 0 Å². The molecule has 0 unspecified atom stereocenters. The molecule has 0 spiro atoms. The van der Waals surface area contributed by atoms with Crippen LogP contribution in [0, 0.1) is 17.3 Å². The van der Waals surface area contributed by atoms with E-state index in [1.165, 1.54) is 25.7 Å². The van der Waals surface area contributed by atoms with Crippen molar-refractivity contribution in [3.05, 3.63) is 0 Å². The molecule has 2 aliphatic rings. The van der Waals surface area contributed by atoms with Crippen molar-refractivity contribution in [2.24, 2.45) is 17.3 Å². The van der Waals surface area contributed by atoms with Gasteiger partial charge in [0, 0.05) is 18.5 Å². The van der Waals surface area contributed by atoms with Crippen LogP contribution in [0.1, 0.15) is 46.5 Å². The Morgan fingerprint density at radius 2 is 1.47 bits per heavy atom. The highest BCUT2D eigenvalue weighted by atomic mass is 16.2. The van der Waals surface area contributed by atoms with Crippen LogP contribution in [-0.4, -0.2) is 23.9 Å². The summed E-state index contributed by atoms with van der Waals surface area (Å²) < 4.78 is 0. The third-order valence-electron chi connectivity index (χ3n) is 3.28. The van der Waals surface area contributed by atoms with E-state index in [1.54, 1.807) is 0 Å². The highest BCUT2D eigenvalue weighted by Gasteiger charge is 2.35. The highest BCUT2D eigenvalue weighted by molar-refractivity contribution is 5.81. The van der Waals surface area contributed by atoms with Crippen molar-refractivity contribution < 1.29 is 4.79 Å². The van der Waals surface area contributed by atoms with Crippen LogP contribution in [0.15, 0.2) is 0 Å². The van der Waals surface area contributed by atoms with E-state index in [2.05, 4.69) is 4.90 Å². The average Bonchev–Trinajstić information content (AvgIpc) is 2.92. The molecule has 2 fully saturated rings. The minimum atomic E-state index is -0.205. The maximum absolute atomic E-state index is 12.2. The van der Waals surface area contributed by atoms with Crippen LogP contribution in [0.3, 0.4) is 0 Å². The fourth-order valence-electron chi connectivity index (χ4n) is 1.94. The minimum absolute atomic E-state index is 0.205. The molecule has 2 nitrogen and oxygen atoms in total. The lowest BCUT2D eigenvalue weighted by Gasteiger charge is -2.29. The third-order valence-corrected chi connectivity index (χ3v) is 3.28. The fourth-order valence-corrected chi connectivity index (χ4v) is 1.94. The van der Waals surface area contributed by atoms with E-state index in [0.717, 1.165) is 24.9 Å². The van der Waals surface area contributed by atoms with Gasteiger partial charge in [-0.15, -0.1) is 0 Å². The van der Waals surface area contributed by atoms with Crippen molar-refractivity contribution in [1.29, 1.82) is 0 Å². The number of nitrogens with zero attached hydrogens (tertiary/aromatic N) is 1. The Hall–Kier alpha value is -0.530. The smallest absolute Gasteiger partial charge is 0.227 e. The van der Waals surface area contributed by atoms with Gasteiger partial charge < -0.3 is 4.90 Å². The van der Waals surface area contributed by atoms with Crippen LogP contribution in [0.5, 0.6) is 0 Å². The van der Waals surface area contributed by atoms with Gasteiger partial charge in [0.05, 0.1) is 0 Å². The van der Waals surface area contributed by atoms with Crippen molar-refractivity contribution >= 4 is 5.91 Å². The summed E-state index contributed by atoms with van der Waals surface area (Å²) in [5.74, 6) is 1.98. The van der Waals surface area contributed by atoms with Crippen molar-refractivity contribution in [2.75, 3.05) is 13.1 Å². The predicted octanol–water partition coefficient (Wildman–Crippen LogP) is 2.68. The molecular formula is C13H23NO. The molecule has 0 N–H and O–H groups in total. The molecule has 2 rings (SSSR count). The second kappa shape index (κ2) is 3.80. The van der Waals surface area contributed by atoms with Gasteiger partial charge in [-0.3, -0.25) is 4.79 Å². The van der Waals surface area contributed by atoms with Gasteiger partial charge in [0.15, 0.2) is 0 Å². The fraction of sp³-hybridized carbons (Fsp3) is 0.923. The standard InChI is InChI=1S/C13H23NO/c1-13(2,3)12(15)14(8-10-4-5-10)9-11-6-7-11/h10-11H,4-9H2,1-3H3. The largest absolute Gasteiger partial charge is 0.342 e. The lowest BCUT2D eigenvalue weighted by molar-refractivity contribution is -0.140. The quantitative estimate of drug-likeness (QED) is 0.697. The van der Waals surface area contributed by atoms with E-state index in [-0.39, 0.29) is 5.41 Å². The van der Waals surface area contributed by atoms with Gasteiger partial charge in [0.2, 0.25) is 5.91 Å². The molecule has 15 heavy (non-hydrogen) atoms. The first kappa shape index (κ1) is 11.0. The summed E-state index contributed by atoms with van der Waals surface area (Å²) in [7, 11) is 0. The summed E-state index contributed by atoms with van der Waals surface area (Å²) in [5.41, 5.74) is -0.205. The van der Waals surface area contributed by atoms with Crippen molar-refractivity contribution in [1.82, 2.24) is 4.90 Å². The van der Waals surface area contributed by atoms with Gasteiger partial charge in [-0.25, -0.2) is 0 Å². The Kier molecular flexibility index (Phi) is 2.78. The summed E-state index contributed by atoms with van der Waals surface area (Å²) in [6, 6.07) is 0. The highest BCUT2D eigenvalue weighted by Crippen LogP contribution is 2.35. The normalized spacial score (nSPS) is 21.5. The van der Waals surface area contributed by atoms with E-state index >= 15 is 0 Å². The molecule has 0 aromatic rings. The lowest BCUT2D eigenvalue weighted by Crippen LogP contribution is -2.41. The molecule has 0 aromatic carbocycles. The second-order valence-corrected chi connectivity index (χ2v) is 6.35. The number of hydrogen-bond acceptors (Lipinski definition) is 1. The molecule has 0 radical (unpaired) electrons. The van der Waals surface area contributed by atoms with E-state index in [1.807, 2.05) is 20.8 Å². The molecule has 0 aromatic heterocycles. The summed E-state index contributed by atoms with van der Waals surface area (Å²) in [5, 5.41) is 0. The Bertz CT molecular complexity index is 232. The maximum Gasteiger partial charge on any atom is 0.227 e. The van der Waals surface area contributed by atoms with Crippen LogP contribution in [0.2, 0.25) is 0 Å². The molecule has 86 valence electrons. The molecule has 0 aliphatic heterocycles. The molecule has 2 aliphatic carbocycles. The Balaban J connectivity index is 1.92. The second-order valence-electron chi connectivity index (χ2n) is 6.35. The Labute approximate surface area is 93.0 Å². The summed E-state index contributed by atoms with van der Waals surface area (Å²) in [6.07, 6.45) is 5.33. The van der Waals surface area contributed by atoms with Crippen molar-refractivity contribution in [2.45, 2.75) is 46.5 Å². The van der Waals surface area contributed by atoms with Crippen LogP contribution < -0.4 is 0 Å². The topological polar surface area (TPSA) is 20.3 Å². The number of amides is 1. The van der Waals surface area contributed by atoms with Gasteiger partial charge in [-0.1, -0.05) is 20.8 Å². The molecule has 2 heteroatoms. The molecule has 2 saturated carbocycles. The SMILES string of the molecule is CC(C)(C)C(=O)N(CC1CC1)CC1CC1. The van der Waals surface area contributed by atoms with E-state index in [4.69, 9.17) is 0 Å². The van der Waals surface area contributed by atoms with Crippen LogP contribution >= 0.6 is 0 Å². The number of hydrogen-bond donors (Lipinski definition) is 0. The minimum Gasteiger partial charge on any atom is -0.342 e. The van der Waals surface area contributed by atoms with Gasteiger partial charge in [-0.05, 0) is 37.5 Å².